The molecule has 0 heterocycles. The number of halogens is 1. The molecular weight excluding hydrogens is 396 g/mol. The smallest absolute Gasteiger partial charge is 0.0418 e. The van der Waals surface area contributed by atoms with Crippen molar-refractivity contribution in [2.24, 2.45) is 0 Å². The topological polar surface area (TPSA) is 0 Å². The van der Waals surface area contributed by atoms with Crippen LogP contribution in [-0.2, 0) is 0 Å². The van der Waals surface area contributed by atoms with Gasteiger partial charge in [-0.2, -0.15) is 0 Å². The van der Waals surface area contributed by atoms with Crippen LogP contribution in [-0.4, -0.2) is 0 Å². The summed E-state index contributed by atoms with van der Waals surface area (Å²) in [5.74, 6) is 0. The Balaban J connectivity index is 1.56. The normalized spacial score (nSPS) is 10.7. The Morgan fingerprint density at radius 1 is 0.323 bits per heavy atom. The summed E-state index contributed by atoms with van der Waals surface area (Å²) in [6, 6.07) is 44.4. The summed E-state index contributed by atoms with van der Waals surface area (Å²) >= 11 is 6.58. The first-order valence-corrected chi connectivity index (χ1v) is 10.8. The lowest BCUT2D eigenvalue weighted by molar-refractivity contribution is 1.56. The quantitative estimate of drug-likeness (QED) is 0.274. The van der Waals surface area contributed by atoms with Crippen molar-refractivity contribution in [3.05, 3.63) is 132 Å². The lowest BCUT2D eigenvalue weighted by Crippen LogP contribution is -1.87. The molecule has 0 saturated heterocycles. The molecule has 5 aromatic rings. The Morgan fingerprint density at radius 3 is 1.35 bits per heavy atom. The van der Waals surface area contributed by atoms with Gasteiger partial charge in [-0.15, -0.1) is 0 Å². The molecule has 0 atom stereocenters. The van der Waals surface area contributed by atoms with E-state index in [-0.39, 0.29) is 0 Å². The fourth-order valence-electron chi connectivity index (χ4n) is 4.00. The van der Waals surface area contributed by atoms with E-state index in [9.17, 15) is 0 Å². The molecule has 0 aliphatic rings. The minimum absolute atomic E-state index is 0.738. The van der Waals surface area contributed by atoms with E-state index in [4.69, 9.17) is 11.6 Å². The van der Waals surface area contributed by atoms with Gasteiger partial charge in [0, 0.05) is 5.02 Å². The fraction of sp³-hybridized carbons (Fsp3) is 0. The van der Waals surface area contributed by atoms with Gasteiger partial charge in [-0.25, -0.2) is 0 Å². The molecular formula is C30H21Cl. The molecule has 0 N–H and O–H groups in total. The highest BCUT2D eigenvalue weighted by Crippen LogP contribution is 2.36. The Kier molecular flexibility index (Phi) is 5.39. The first kappa shape index (κ1) is 19.4. The van der Waals surface area contributed by atoms with Gasteiger partial charge in [-0.1, -0.05) is 121 Å². The molecule has 0 radical (unpaired) electrons. The molecule has 0 nitrogen and oxygen atoms in total. The Morgan fingerprint density at radius 2 is 0.742 bits per heavy atom. The predicted molar refractivity (Wildman–Crippen MR) is 133 cm³/mol. The van der Waals surface area contributed by atoms with E-state index >= 15 is 0 Å². The molecule has 0 fully saturated rings. The molecule has 31 heavy (non-hydrogen) atoms. The van der Waals surface area contributed by atoms with Crippen LogP contribution >= 0.6 is 11.6 Å². The predicted octanol–water partition coefficient (Wildman–Crippen LogP) is 9.01. The van der Waals surface area contributed by atoms with Crippen molar-refractivity contribution in [2.75, 3.05) is 0 Å². The molecule has 148 valence electrons. The molecule has 0 amide bonds. The van der Waals surface area contributed by atoms with Gasteiger partial charge in [-0.05, 0) is 62.7 Å². The molecule has 1 heteroatoms. The second-order valence-electron chi connectivity index (χ2n) is 7.58. The maximum atomic E-state index is 6.58. The first-order chi connectivity index (χ1) is 15.3. The molecule has 0 bridgehead atoms. The highest BCUT2D eigenvalue weighted by atomic mass is 35.5. The van der Waals surface area contributed by atoms with E-state index < -0.39 is 0 Å². The van der Waals surface area contributed by atoms with Gasteiger partial charge in [-0.3, -0.25) is 0 Å². The van der Waals surface area contributed by atoms with Gasteiger partial charge in [0.15, 0.2) is 0 Å². The lowest BCUT2D eigenvalue weighted by Gasteiger charge is -2.13. The summed E-state index contributed by atoms with van der Waals surface area (Å²) in [6.07, 6.45) is 0. The van der Waals surface area contributed by atoms with E-state index in [1.54, 1.807) is 0 Å². The number of benzene rings is 5. The molecule has 0 aliphatic heterocycles. The molecule has 0 aliphatic carbocycles. The number of hydrogen-bond acceptors (Lipinski definition) is 0. The largest absolute Gasteiger partial charge is 0.0843 e. The SMILES string of the molecule is Clc1cc(-c2ccc(-c3ccccc3)cc2)cc(-c2ccccc2-c2ccccc2)c1. The van der Waals surface area contributed by atoms with Crippen LogP contribution in [0.1, 0.15) is 0 Å². The van der Waals surface area contributed by atoms with Crippen LogP contribution in [0.25, 0.3) is 44.5 Å². The van der Waals surface area contributed by atoms with E-state index in [2.05, 4.69) is 103 Å². The van der Waals surface area contributed by atoms with Crippen LogP contribution in [0, 0.1) is 0 Å². The number of hydrogen-bond donors (Lipinski definition) is 0. The van der Waals surface area contributed by atoms with Gasteiger partial charge in [0.2, 0.25) is 0 Å². The Bertz CT molecular complexity index is 1300. The standard InChI is InChI=1S/C30H21Cl/c31-28-20-26(24-17-15-23(16-18-24)22-9-3-1-4-10-22)19-27(21-28)30-14-8-7-13-29(30)25-11-5-2-6-12-25/h1-21H. The first-order valence-electron chi connectivity index (χ1n) is 10.4. The van der Waals surface area contributed by atoms with E-state index in [0.29, 0.717) is 0 Å². The van der Waals surface area contributed by atoms with Crippen LogP contribution in [0.3, 0.4) is 0 Å². The van der Waals surface area contributed by atoms with Crippen LogP contribution in [0.5, 0.6) is 0 Å². The van der Waals surface area contributed by atoms with E-state index in [1.807, 2.05) is 24.3 Å². The van der Waals surface area contributed by atoms with Crippen LogP contribution < -0.4 is 0 Å². The molecule has 0 spiro atoms. The van der Waals surface area contributed by atoms with Crippen molar-refractivity contribution in [2.45, 2.75) is 0 Å². The average Bonchev–Trinajstić information content (AvgIpc) is 2.85. The summed E-state index contributed by atoms with van der Waals surface area (Å²) in [7, 11) is 0. The minimum atomic E-state index is 0.738. The van der Waals surface area contributed by atoms with E-state index in [0.717, 1.165) is 21.7 Å². The maximum absolute atomic E-state index is 6.58. The van der Waals surface area contributed by atoms with Gasteiger partial charge >= 0.3 is 0 Å². The third kappa shape index (κ3) is 4.17. The van der Waals surface area contributed by atoms with Crippen LogP contribution in [0.15, 0.2) is 127 Å². The van der Waals surface area contributed by atoms with Crippen molar-refractivity contribution in [3.8, 4) is 44.5 Å². The molecule has 0 saturated carbocycles. The van der Waals surface area contributed by atoms with Crippen LogP contribution in [0.4, 0.5) is 0 Å². The van der Waals surface area contributed by atoms with Gasteiger partial charge in [0.1, 0.15) is 0 Å². The monoisotopic (exact) mass is 416 g/mol. The van der Waals surface area contributed by atoms with Crippen molar-refractivity contribution >= 4 is 11.6 Å². The zero-order valence-corrected chi connectivity index (χ0v) is 17.8. The highest BCUT2D eigenvalue weighted by molar-refractivity contribution is 6.31. The van der Waals surface area contributed by atoms with E-state index in [1.165, 1.54) is 27.8 Å². The highest BCUT2D eigenvalue weighted by Gasteiger charge is 2.10. The van der Waals surface area contributed by atoms with Crippen molar-refractivity contribution in [1.29, 1.82) is 0 Å². The third-order valence-corrected chi connectivity index (χ3v) is 5.76. The summed E-state index contributed by atoms with van der Waals surface area (Å²) < 4.78 is 0. The second-order valence-corrected chi connectivity index (χ2v) is 8.02. The zero-order chi connectivity index (χ0) is 21.0. The molecule has 5 rings (SSSR count). The lowest BCUT2D eigenvalue weighted by atomic mass is 9.92. The summed E-state index contributed by atoms with van der Waals surface area (Å²) in [5.41, 5.74) is 9.40. The third-order valence-electron chi connectivity index (χ3n) is 5.55. The Labute approximate surface area is 188 Å². The number of rotatable bonds is 4. The van der Waals surface area contributed by atoms with Crippen LogP contribution in [0.2, 0.25) is 5.02 Å². The zero-order valence-electron chi connectivity index (χ0n) is 17.0. The Hall–Kier alpha value is -3.61. The molecule has 5 aromatic carbocycles. The maximum Gasteiger partial charge on any atom is 0.0418 e. The van der Waals surface area contributed by atoms with Gasteiger partial charge in [0.25, 0.3) is 0 Å². The molecule has 0 unspecified atom stereocenters. The minimum Gasteiger partial charge on any atom is -0.0843 e. The van der Waals surface area contributed by atoms with Gasteiger partial charge in [0.05, 0.1) is 0 Å². The average molecular weight is 417 g/mol. The second kappa shape index (κ2) is 8.63. The fourth-order valence-corrected chi connectivity index (χ4v) is 4.24. The summed E-state index contributed by atoms with van der Waals surface area (Å²) in [4.78, 5) is 0. The van der Waals surface area contributed by atoms with Gasteiger partial charge < -0.3 is 0 Å². The van der Waals surface area contributed by atoms with Crippen molar-refractivity contribution < 1.29 is 0 Å². The summed E-state index contributed by atoms with van der Waals surface area (Å²) in [5, 5.41) is 0.738. The van der Waals surface area contributed by atoms with Crippen molar-refractivity contribution in [1.82, 2.24) is 0 Å². The molecule has 0 aromatic heterocycles. The summed E-state index contributed by atoms with van der Waals surface area (Å²) in [6.45, 7) is 0. The van der Waals surface area contributed by atoms with Crippen molar-refractivity contribution in [3.63, 3.8) is 0 Å².